The van der Waals surface area contributed by atoms with Crippen molar-refractivity contribution in [3.8, 4) is 11.5 Å². The molecule has 1 amide bonds. The first-order valence-electron chi connectivity index (χ1n) is 6.72. The lowest BCUT2D eigenvalue weighted by atomic mass is 10.1. The maximum absolute atomic E-state index is 12.1. The molecular weight excluding hydrogens is 429 g/mol. The first-order valence-corrected chi connectivity index (χ1v) is 7.80. The highest BCUT2D eigenvalue weighted by molar-refractivity contribution is 14.1. The Morgan fingerprint density at radius 3 is 2.71 bits per heavy atom. The summed E-state index contributed by atoms with van der Waals surface area (Å²) in [5, 5.41) is 14.9. The van der Waals surface area contributed by atoms with E-state index >= 15 is 0 Å². The third kappa shape index (κ3) is 3.30. The number of rotatable bonds is 4. The first-order chi connectivity index (χ1) is 11.6. The Balaban J connectivity index is 1.81. The SMILES string of the molecule is O=C(N/N=C/c1cc2c(cc1[N+](=O)[O-])OCO2)c1ccccc1I. The van der Waals surface area contributed by atoms with Gasteiger partial charge in [0, 0.05) is 3.57 Å². The van der Waals surface area contributed by atoms with Crippen molar-refractivity contribution in [2.24, 2.45) is 5.10 Å². The topological polar surface area (TPSA) is 103 Å². The van der Waals surface area contributed by atoms with Crippen LogP contribution in [-0.2, 0) is 0 Å². The van der Waals surface area contributed by atoms with Gasteiger partial charge in [0.25, 0.3) is 11.6 Å². The fourth-order valence-electron chi connectivity index (χ4n) is 2.07. The molecule has 2 aromatic carbocycles. The number of nitro benzene ring substituents is 1. The number of nitro groups is 1. The summed E-state index contributed by atoms with van der Waals surface area (Å²) >= 11 is 2.04. The molecule has 0 saturated heterocycles. The highest BCUT2D eigenvalue weighted by atomic mass is 127. The average molecular weight is 439 g/mol. The Hall–Kier alpha value is -2.69. The van der Waals surface area contributed by atoms with Crippen molar-refractivity contribution in [3.63, 3.8) is 0 Å². The zero-order valence-electron chi connectivity index (χ0n) is 12.1. The number of hydrazone groups is 1. The quantitative estimate of drug-likeness (QED) is 0.342. The summed E-state index contributed by atoms with van der Waals surface area (Å²) in [6, 6.07) is 9.73. The van der Waals surface area contributed by atoms with E-state index in [1.807, 2.05) is 28.7 Å². The number of fused-ring (bicyclic) bond motifs is 1. The summed E-state index contributed by atoms with van der Waals surface area (Å²) in [7, 11) is 0. The van der Waals surface area contributed by atoms with Crippen LogP contribution in [0.25, 0.3) is 0 Å². The maximum atomic E-state index is 12.1. The smallest absolute Gasteiger partial charge is 0.282 e. The van der Waals surface area contributed by atoms with E-state index in [2.05, 4.69) is 10.5 Å². The Labute approximate surface area is 149 Å². The summed E-state index contributed by atoms with van der Waals surface area (Å²) < 4.78 is 11.1. The Morgan fingerprint density at radius 1 is 1.29 bits per heavy atom. The minimum atomic E-state index is -0.550. The lowest BCUT2D eigenvalue weighted by molar-refractivity contribution is -0.385. The number of carbonyl (C=O) groups is 1. The summed E-state index contributed by atoms with van der Waals surface area (Å²) in [5.41, 5.74) is 2.83. The zero-order valence-corrected chi connectivity index (χ0v) is 14.2. The molecule has 0 unspecified atom stereocenters. The van der Waals surface area contributed by atoms with Crippen molar-refractivity contribution >= 4 is 40.4 Å². The number of halogens is 1. The number of hydrogen-bond donors (Lipinski definition) is 1. The van der Waals surface area contributed by atoms with Gasteiger partial charge in [-0.3, -0.25) is 14.9 Å². The van der Waals surface area contributed by atoms with Gasteiger partial charge >= 0.3 is 0 Å². The molecule has 8 nitrogen and oxygen atoms in total. The van der Waals surface area contributed by atoms with Gasteiger partial charge in [-0.05, 0) is 40.8 Å². The molecule has 3 rings (SSSR count). The zero-order chi connectivity index (χ0) is 17.1. The molecule has 1 aliphatic rings. The lowest BCUT2D eigenvalue weighted by Gasteiger charge is -2.03. The molecule has 2 aromatic rings. The average Bonchev–Trinajstić information content (AvgIpc) is 3.01. The second-order valence-corrected chi connectivity index (χ2v) is 5.86. The predicted octanol–water partition coefficient (Wildman–Crippen LogP) is 2.69. The van der Waals surface area contributed by atoms with Crippen LogP contribution < -0.4 is 14.9 Å². The van der Waals surface area contributed by atoms with Crippen LogP contribution in [0, 0.1) is 13.7 Å². The molecule has 122 valence electrons. The van der Waals surface area contributed by atoms with Crippen LogP contribution in [0.5, 0.6) is 11.5 Å². The molecule has 0 radical (unpaired) electrons. The molecule has 1 heterocycles. The highest BCUT2D eigenvalue weighted by Crippen LogP contribution is 2.37. The maximum Gasteiger partial charge on any atom is 0.282 e. The minimum absolute atomic E-state index is 0.0102. The molecule has 24 heavy (non-hydrogen) atoms. The molecule has 0 atom stereocenters. The Bertz CT molecular complexity index is 853. The standard InChI is InChI=1S/C15H10IN3O5/c16-11-4-2-1-3-10(11)15(20)18-17-7-9-5-13-14(24-8-23-13)6-12(9)19(21)22/h1-7H,8H2,(H,18,20)/b17-7+. The molecule has 0 saturated carbocycles. The van der Waals surface area contributed by atoms with Gasteiger partial charge in [0.05, 0.1) is 28.3 Å². The van der Waals surface area contributed by atoms with E-state index in [9.17, 15) is 14.9 Å². The third-order valence-electron chi connectivity index (χ3n) is 3.21. The number of ether oxygens (including phenoxy) is 2. The van der Waals surface area contributed by atoms with Gasteiger partial charge in [-0.15, -0.1) is 0 Å². The van der Waals surface area contributed by atoms with Crippen LogP contribution in [0.2, 0.25) is 0 Å². The molecular formula is C15H10IN3O5. The van der Waals surface area contributed by atoms with Crippen LogP contribution in [0.1, 0.15) is 15.9 Å². The van der Waals surface area contributed by atoms with Crippen molar-refractivity contribution in [1.82, 2.24) is 5.43 Å². The van der Waals surface area contributed by atoms with Crippen molar-refractivity contribution in [1.29, 1.82) is 0 Å². The number of hydrogen-bond acceptors (Lipinski definition) is 6. The van der Waals surface area contributed by atoms with Crippen molar-refractivity contribution in [3.05, 3.63) is 61.2 Å². The van der Waals surface area contributed by atoms with Gasteiger partial charge in [0.1, 0.15) is 0 Å². The first kappa shape index (κ1) is 16.2. The van der Waals surface area contributed by atoms with Crippen LogP contribution in [0.3, 0.4) is 0 Å². The number of carbonyl (C=O) groups excluding carboxylic acids is 1. The highest BCUT2D eigenvalue weighted by Gasteiger charge is 2.22. The van der Waals surface area contributed by atoms with Gasteiger partial charge in [0.2, 0.25) is 6.79 Å². The number of nitrogens with one attached hydrogen (secondary N) is 1. The number of benzene rings is 2. The molecule has 0 bridgehead atoms. The molecule has 0 aliphatic carbocycles. The fourth-order valence-corrected chi connectivity index (χ4v) is 2.71. The third-order valence-corrected chi connectivity index (χ3v) is 4.15. The molecule has 0 aromatic heterocycles. The van der Waals surface area contributed by atoms with Crippen LogP contribution in [0.4, 0.5) is 5.69 Å². The summed E-state index contributed by atoms with van der Waals surface area (Å²) in [4.78, 5) is 22.6. The van der Waals surface area contributed by atoms with Crippen molar-refractivity contribution in [2.45, 2.75) is 0 Å². The normalized spacial score (nSPS) is 12.4. The van der Waals surface area contributed by atoms with E-state index in [1.165, 1.54) is 18.3 Å². The fraction of sp³-hybridized carbons (Fsp3) is 0.0667. The van der Waals surface area contributed by atoms with Gasteiger partial charge in [-0.2, -0.15) is 5.10 Å². The Morgan fingerprint density at radius 2 is 2.00 bits per heavy atom. The van der Waals surface area contributed by atoms with E-state index in [-0.39, 0.29) is 18.0 Å². The van der Waals surface area contributed by atoms with Gasteiger partial charge in [-0.25, -0.2) is 5.43 Å². The van der Waals surface area contributed by atoms with Crippen molar-refractivity contribution < 1.29 is 19.2 Å². The summed E-state index contributed by atoms with van der Waals surface area (Å²) in [6.45, 7) is 0.0102. The van der Waals surface area contributed by atoms with Crippen LogP contribution in [0.15, 0.2) is 41.5 Å². The van der Waals surface area contributed by atoms with E-state index < -0.39 is 10.8 Å². The second-order valence-electron chi connectivity index (χ2n) is 4.70. The molecule has 1 N–H and O–H groups in total. The summed E-state index contributed by atoms with van der Waals surface area (Å²) in [5.74, 6) is 0.298. The van der Waals surface area contributed by atoms with Crippen LogP contribution >= 0.6 is 22.6 Å². The molecule has 0 spiro atoms. The van der Waals surface area contributed by atoms with Gasteiger partial charge in [0.15, 0.2) is 11.5 Å². The largest absolute Gasteiger partial charge is 0.454 e. The number of amides is 1. The molecule has 9 heteroatoms. The lowest BCUT2D eigenvalue weighted by Crippen LogP contribution is -2.18. The monoisotopic (exact) mass is 439 g/mol. The summed E-state index contributed by atoms with van der Waals surface area (Å²) in [6.07, 6.45) is 1.20. The second kappa shape index (κ2) is 6.83. The predicted molar refractivity (Wildman–Crippen MR) is 93.4 cm³/mol. The van der Waals surface area contributed by atoms with Gasteiger partial charge in [-0.1, -0.05) is 12.1 Å². The minimum Gasteiger partial charge on any atom is -0.454 e. The Kier molecular flexibility index (Phi) is 4.60. The van der Waals surface area contributed by atoms with E-state index in [1.54, 1.807) is 18.2 Å². The number of nitrogens with zero attached hydrogens (tertiary/aromatic N) is 2. The van der Waals surface area contributed by atoms with E-state index in [4.69, 9.17) is 9.47 Å². The van der Waals surface area contributed by atoms with Gasteiger partial charge < -0.3 is 9.47 Å². The van der Waals surface area contributed by atoms with Crippen LogP contribution in [-0.4, -0.2) is 23.8 Å². The van der Waals surface area contributed by atoms with Crippen molar-refractivity contribution in [2.75, 3.05) is 6.79 Å². The van der Waals surface area contributed by atoms with E-state index in [0.717, 1.165) is 3.57 Å². The van der Waals surface area contributed by atoms with E-state index in [0.29, 0.717) is 17.1 Å². The molecule has 0 fully saturated rings. The molecule has 1 aliphatic heterocycles.